The average Bonchev–Trinajstić information content (AvgIpc) is 2.54. The highest BCUT2D eigenvalue weighted by atomic mass is 16.3. The molecule has 2 fully saturated rings. The van der Waals surface area contributed by atoms with Gasteiger partial charge in [0.25, 0.3) is 0 Å². The van der Waals surface area contributed by atoms with E-state index < -0.39 is 5.60 Å². The first kappa shape index (κ1) is 19.8. The molecule has 1 N–H and O–H groups in total. The minimum atomic E-state index is -0.707. The van der Waals surface area contributed by atoms with Gasteiger partial charge in [0.1, 0.15) is 5.60 Å². The zero-order chi connectivity index (χ0) is 17.6. The molecule has 2 saturated carbocycles. The molecule has 0 saturated heterocycles. The summed E-state index contributed by atoms with van der Waals surface area (Å²) in [5.41, 5.74) is -0.718. The lowest BCUT2D eigenvalue weighted by Crippen LogP contribution is -2.35. The lowest BCUT2D eigenvalue weighted by Gasteiger charge is -2.39. The highest BCUT2D eigenvalue weighted by Crippen LogP contribution is 2.43. The van der Waals surface area contributed by atoms with Crippen LogP contribution in [0.1, 0.15) is 105 Å². The van der Waals surface area contributed by atoms with Crippen LogP contribution in [0.2, 0.25) is 0 Å². The lowest BCUT2D eigenvalue weighted by atomic mass is 9.67. The molecule has 138 valence electrons. The molecule has 2 rings (SSSR count). The van der Waals surface area contributed by atoms with Gasteiger partial charge in [-0.25, -0.2) is 0 Å². The van der Waals surface area contributed by atoms with E-state index in [4.69, 9.17) is 0 Å². The maximum absolute atomic E-state index is 10.7. The van der Waals surface area contributed by atoms with Crippen molar-refractivity contribution < 1.29 is 5.11 Å². The summed E-state index contributed by atoms with van der Waals surface area (Å²) >= 11 is 0. The van der Waals surface area contributed by atoms with Crippen molar-refractivity contribution in [3.05, 3.63) is 0 Å². The fourth-order valence-electron chi connectivity index (χ4n) is 4.65. The smallest absolute Gasteiger partial charge is 0.125 e. The molecule has 0 atom stereocenters. The van der Waals surface area contributed by atoms with Crippen LogP contribution in [0.4, 0.5) is 0 Å². The summed E-state index contributed by atoms with van der Waals surface area (Å²) in [7, 11) is 0. The molecule has 0 aromatic rings. The van der Waals surface area contributed by atoms with Gasteiger partial charge in [-0.05, 0) is 77.0 Å². The molecule has 0 aromatic heterocycles. The summed E-state index contributed by atoms with van der Waals surface area (Å²) in [5.74, 6) is 9.23. The van der Waals surface area contributed by atoms with Crippen LogP contribution in [0.5, 0.6) is 0 Å². The molecule has 0 aliphatic heterocycles. The molecule has 0 radical (unpaired) electrons. The molecule has 0 bridgehead atoms. The third-order valence-electron chi connectivity index (χ3n) is 6.30. The number of hydrogen-bond donors (Lipinski definition) is 1. The molecular formula is C23H40O. The van der Waals surface area contributed by atoms with Crippen LogP contribution >= 0.6 is 0 Å². The van der Waals surface area contributed by atoms with E-state index >= 15 is 0 Å². The Morgan fingerprint density at radius 3 is 2.04 bits per heavy atom. The number of unbranched alkanes of at least 4 members (excludes halogenated alkanes) is 2. The Bertz CT molecular complexity index is 417. The van der Waals surface area contributed by atoms with Gasteiger partial charge in [0.15, 0.2) is 0 Å². The molecule has 0 aromatic carbocycles. The summed E-state index contributed by atoms with van der Waals surface area (Å²) in [6, 6.07) is 0. The summed E-state index contributed by atoms with van der Waals surface area (Å²) in [6.45, 7) is 8.66. The fraction of sp³-hybridized carbons (Fsp3) is 0.913. The van der Waals surface area contributed by atoms with Crippen molar-refractivity contribution in [3.8, 4) is 11.8 Å². The Morgan fingerprint density at radius 2 is 1.50 bits per heavy atom. The number of rotatable bonds is 5. The van der Waals surface area contributed by atoms with Crippen LogP contribution in [0.15, 0.2) is 0 Å². The van der Waals surface area contributed by atoms with Gasteiger partial charge in [0.2, 0.25) is 0 Å². The molecule has 0 unspecified atom stereocenters. The molecule has 0 spiro atoms. The van der Waals surface area contributed by atoms with Crippen LogP contribution in [0, 0.1) is 35.0 Å². The normalized spacial score (nSPS) is 34.5. The predicted molar refractivity (Wildman–Crippen MR) is 104 cm³/mol. The SMILES string of the molecule is CCCCCC1CCC(C2CCC(O)(C#CC(C)(C)C)CC2)CC1. The Balaban J connectivity index is 1.74. The molecule has 2 aliphatic rings. The van der Waals surface area contributed by atoms with E-state index in [0.717, 1.165) is 30.6 Å². The van der Waals surface area contributed by atoms with Gasteiger partial charge in [-0.1, -0.05) is 57.3 Å². The first-order chi connectivity index (χ1) is 11.3. The number of hydrogen-bond acceptors (Lipinski definition) is 1. The van der Waals surface area contributed by atoms with Crippen LogP contribution in [-0.4, -0.2) is 10.7 Å². The summed E-state index contributed by atoms with van der Waals surface area (Å²) < 4.78 is 0. The Hall–Kier alpha value is -0.480. The molecular weight excluding hydrogens is 292 g/mol. The summed E-state index contributed by atoms with van der Waals surface area (Å²) in [4.78, 5) is 0. The van der Waals surface area contributed by atoms with Crippen molar-refractivity contribution in [2.24, 2.45) is 23.2 Å². The minimum Gasteiger partial charge on any atom is -0.378 e. The van der Waals surface area contributed by atoms with E-state index in [9.17, 15) is 5.11 Å². The van der Waals surface area contributed by atoms with Crippen molar-refractivity contribution in [2.75, 3.05) is 0 Å². The quantitative estimate of drug-likeness (QED) is 0.460. The average molecular weight is 333 g/mol. The maximum atomic E-state index is 10.7. The molecule has 1 nitrogen and oxygen atoms in total. The zero-order valence-corrected chi connectivity index (χ0v) is 16.7. The Morgan fingerprint density at radius 1 is 0.917 bits per heavy atom. The van der Waals surface area contributed by atoms with E-state index in [1.165, 1.54) is 64.2 Å². The predicted octanol–water partition coefficient (Wildman–Crippen LogP) is 6.34. The lowest BCUT2D eigenvalue weighted by molar-refractivity contribution is 0.0253. The second-order valence-corrected chi connectivity index (χ2v) is 9.65. The summed E-state index contributed by atoms with van der Waals surface area (Å²) in [6.07, 6.45) is 15.6. The van der Waals surface area contributed by atoms with Gasteiger partial charge < -0.3 is 5.11 Å². The Kier molecular flexibility index (Phi) is 7.23. The van der Waals surface area contributed by atoms with Gasteiger partial charge in [0.05, 0.1) is 0 Å². The number of aliphatic hydroxyl groups is 1. The van der Waals surface area contributed by atoms with Crippen molar-refractivity contribution >= 4 is 0 Å². The van der Waals surface area contributed by atoms with Gasteiger partial charge in [-0.3, -0.25) is 0 Å². The van der Waals surface area contributed by atoms with Crippen molar-refractivity contribution in [3.63, 3.8) is 0 Å². The largest absolute Gasteiger partial charge is 0.378 e. The van der Waals surface area contributed by atoms with Gasteiger partial charge in [-0.2, -0.15) is 0 Å². The molecule has 0 amide bonds. The van der Waals surface area contributed by atoms with Crippen molar-refractivity contribution in [1.29, 1.82) is 0 Å². The molecule has 2 aliphatic carbocycles. The van der Waals surface area contributed by atoms with E-state index in [-0.39, 0.29) is 5.41 Å². The molecule has 0 heterocycles. The van der Waals surface area contributed by atoms with Crippen molar-refractivity contribution in [2.45, 2.75) is 110 Å². The Labute approximate surface area is 151 Å². The summed E-state index contributed by atoms with van der Waals surface area (Å²) in [5, 5.41) is 10.7. The van der Waals surface area contributed by atoms with E-state index in [2.05, 4.69) is 39.5 Å². The van der Waals surface area contributed by atoms with Crippen LogP contribution in [0.25, 0.3) is 0 Å². The third-order valence-corrected chi connectivity index (χ3v) is 6.30. The van der Waals surface area contributed by atoms with Gasteiger partial charge in [-0.15, -0.1) is 0 Å². The van der Waals surface area contributed by atoms with Crippen LogP contribution < -0.4 is 0 Å². The molecule has 24 heavy (non-hydrogen) atoms. The fourth-order valence-corrected chi connectivity index (χ4v) is 4.65. The van der Waals surface area contributed by atoms with E-state index in [1.54, 1.807) is 0 Å². The standard InChI is InChI=1S/C23H40O/c1-5-6-7-8-19-9-11-20(12-10-19)21-13-15-23(24,16-14-21)18-17-22(2,3)4/h19-21,24H,5-16H2,1-4H3. The van der Waals surface area contributed by atoms with Crippen LogP contribution in [0.3, 0.4) is 0 Å². The minimum absolute atomic E-state index is 0.0112. The highest BCUT2D eigenvalue weighted by molar-refractivity contribution is 5.18. The van der Waals surface area contributed by atoms with Crippen molar-refractivity contribution in [1.82, 2.24) is 0 Å². The third kappa shape index (κ3) is 6.44. The topological polar surface area (TPSA) is 20.2 Å². The highest BCUT2D eigenvalue weighted by Gasteiger charge is 2.36. The van der Waals surface area contributed by atoms with Crippen LogP contribution in [-0.2, 0) is 0 Å². The second kappa shape index (κ2) is 8.75. The maximum Gasteiger partial charge on any atom is 0.125 e. The zero-order valence-electron chi connectivity index (χ0n) is 16.7. The van der Waals surface area contributed by atoms with E-state index in [1.807, 2.05) is 0 Å². The second-order valence-electron chi connectivity index (χ2n) is 9.65. The first-order valence-corrected chi connectivity index (χ1v) is 10.6. The monoisotopic (exact) mass is 332 g/mol. The van der Waals surface area contributed by atoms with Gasteiger partial charge >= 0.3 is 0 Å². The van der Waals surface area contributed by atoms with E-state index in [0.29, 0.717) is 0 Å². The van der Waals surface area contributed by atoms with Gasteiger partial charge in [0, 0.05) is 5.41 Å². The molecule has 1 heteroatoms. The first-order valence-electron chi connectivity index (χ1n) is 10.6.